The molecule has 2 N–H and O–H groups in total. The van der Waals surface area contributed by atoms with Crippen LogP contribution in [0.2, 0.25) is 0 Å². The van der Waals surface area contributed by atoms with Gasteiger partial charge in [0.15, 0.2) is 10.8 Å². The van der Waals surface area contributed by atoms with Gasteiger partial charge in [0.25, 0.3) is 5.91 Å². The molecule has 0 saturated carbocycles. The summed E-state index contributed by atoms with van der Waals surface area (Å²) in [5.74, 6) is -0.0981. The quantitative estimate of drug-likeness (QED) is 0.614. The van der Waals surface area contributed by atoms with Crippen molar-refractivity contribution in [2.75, 3.05) is 12.3 Å². The molecule has 1 amide bonds. The average Bonchev–Trinajstić information content (AvgIpc) is 3.10. The van der Waals surface area contributed by atoms with Crippen molar-refractivity contribution >= 4 is 28.9 Å². The number of nitrogens with one attached hydrogen (secondary N) is 1. The maximum absolute atomic E-state index is 13.1. The number of benzene rings is 1. The third kappa shape index (κ3) is 6.49. The van der Waals surface area contributed by atoms with Gasteiger partial charge in [-0.15, -0.1) is 0 Å². The van der Waals surface area contributed by atoms with Gasteiger partial charge in [-0.25, -0.2) is 9.18 Å². The zero-order valence-corrected chi connectivity index (χ0v) is 16.3. The minimum Gasteiger partial charge on any atom is -0.463 e. The number of nitrogens with zero attached hydrogens (tertiary/aromatic N) is 2. The van der Waals surface area contributed by atoms with E-state index in [9.17, 15) is 23.9 Å². The highest BCUT2D eigenvalue weighted by atomic mass is 32.2. The molecule has 0 aliphatic carbocycles. The fourth-order valence-corrected chi connectivity index (χ4v) is 3.19. The lowest BCUT2D eigenvalue weighted by molar-refractivity contribution is -0.109. The summed E-state index contributed by atoms with van der Waals surface area (Å²) in [6.07, 6.45) is 2.28. The number of hydrogen-bond donors (Lipinski definition) is 2. The third-order valence-electron chi connectivity index (χ3n) is 3.93. The molecule has 0 bridgehead atoms. The number of aromatic nitrogens is 2. The van der Waals surface area contributed by atoms with Crippen LogP contribution in [0.5, 0.6) is 0 Å². The van der Waals surface area contributed by atoms with Gasteiger partial charge in [-0.3, -0.25) is 9.59 Å². The zero-order chi connectivity index (χ0) is 20.5. The predicted octanol–water partition coefficient (Wildman–Crippen LogP) is 3.79. The van der Waals surface area contributed by atoms with Crippen molar-refractivity contribution in [3.05, 3.63) is 41.8 Å². The lowest BCUT2D eigenvalue weighted by atomic mass is 10.1. The van der Waals surface area contributed by atoms with E-state index in [0.29, 0.717) is 16.8 Å². The van der Waals surface area contributed by atoms with Gasteiger partial charge in [-0.1, -0.05) is 24.6 Å². The highest BCUT2D eigenvalue weighted by Gasteiger charge is 2.19. The van der Waals surface area contributed by atoms with E-state index in [0.717, 1.165) is 31.4 Å². The summed E-state index contributed by atoms with van der Waals surface area (Å²) in [6, 6.07) is 6.65. The van der Waals surface area contributed by atoms with E-state index in [-0.39, 0.29) is 16.5 Å². The van der Waals surface area contributed by atoms with E-state index in [1.807, 2.05) is 0 Å². The zero-order valence-electron chi connectivity index (χ0n) is 15.5. The lowest BCUT2D eigenvalue weighted by Crippen LogP contribution is -2.25. The summed E-state index contributed by atoms with van der Waals surface area (Å²) in [6.45, 7) is 2.00. The molecule has 150 valence electrons. The van der Waals surface area contributed by atoms with Gasteiger partial charge < -0.3 is 10.4 Å². The Bertz CT molecular complexity index is 836. The molecule has 9 heteroatoms. The van der Waals surface area contributed by atoms with Crippen LogP contribution in [0.4, 0.5) is 9.18 Å². The lowest BCUT2D eigenvalue weighted by Gasteiger charge is -2.03. The Hall–Kier alpha value is -2.68. The summed E-state index contributed by atoms with van der Waals surface area (Å²) in [7, 11) is 0. The van der Waals surface area contributed by atoms with Crippen LogP contribution in [-0.4, -0.2) is 44.3 Å². The Morgan fingerprint density at radius 1 is 1.14 bits per heavy atom. The van der Waals surface area contributed by atoms with Crippen molar-refractivity contribution < 1.29 is 23.9 Å². The molecule has 0 unspecified atom stereocenters. The number of hydrogen-bond acceptors (Lipinski definition) is 5. The molecular formula is C19H22FN3O4S. The standard InChI is InChI=1S/C19H22FN3O4S/c1-13(24)28-11-5-3-2-4-10-21-18(25)16-12-17(23(22-16)19(26)27)14-6-8-15(20)9-7-14/h6-9,12H,2-5,10-11H2,1H3,(H,21,25)(H,26,27). The molecule has 7 nitrogen and oxygen atoms in total. The van der Waals surface area contributed by atoms with Crippen LogP contribution in [0.25, 0.3) is 11.3 Å². The molecule has 0 radical (unpaired) electrons. The molecule has 1 aromatic carbocycles. The largest absolute Gasteiger partial charge is 0.463 e. The number of rotatable bonds is 9. The van der Waals surface area contributed by atoms with Crippen molar-refractivity contribution in [1.82, 2.24) is 15.1 Å². The van der Waals surface area contributed by atoms with Gasteiger partial charge in [0.2, 0.25) is 0 Å². The van der Waals surface area contributed by atoms with E-state index in [4.69, 9.17) is 0 Å². The first-order valence-corrected chi connectivity index (χ1v) is 9.88. The molecule has 0 saturated heterocycles. The number of carbonyl (C=O) groups is 3. The molecule has 2 aromatic rings. The first-order chi connectivity index (χ1) is 13.4. The second-order valence-corrected chi connectivity index (χ2v) is 7.40. The number of carboxylic acid groups (broad SMARTS) is 1. The molecular weight excluding hydrogens is 385 g/mol. The van der Waals surface area contributed by atoms with Crippen molar-refractivity contribution in [1.29, 1.82) is 0 Å². The Kier molecular flexibility index (Phi) is 8.19. The molecule has 2 rings (SSSR count). The van der Waals surface area contributed by atoms with Crippen molar-refractivity contribution in [3.8, 4) is 11.3 Å². The Morgan fingerprint density at radius 3 is 2.46 bits per heavy atom. The Morgan fingerprint density at radius 2 is 1.82 bits per heavy atom. The van der Waals surface area contributed by atoms with Gasteiger partial charge in [-0.2, -0.15) is 9.78 Å². The molecule has 0 aliphatic rings. The second-order valence-electron chi connectivity index (χ2n) is 6.13. The van der Waals surface area contributed by atoms with Crippen molar-refractivity contribution in [2.24, 2.45) is 0 Å². The van der Waals surface area contributed by atoms with Gasteiger partial charge in [0.05, 0.1) is 5.69 Å². The Balaban J connectivity index is 1.88. The smallest absolute Gasteiger partial charge is 0.432 e. The molecule has 1 heterocycles. The summed E-state index contributed by atoms with van der Waals surface area (Å²) < 4.78 is 13.8. The van der Waals surface area contributed by atoms with Crippen LogP contribution in [0.15, 0.2) is 30.3 Å². The number of unbranched alkanes of at least 4 members (excludes halogenated alkanes) is 3. The Labute approximate surface area is 166 Å². The molecule has 1 aromatic heterocycles. The summed E-state index contributed by atoms with van der Waals surface area (Å²) in [4.78, 5) is 34.5. The summed E-state index contributed by atoms with van der Waals surface area (Å²) in [5, 5.41) is 16.0. The van der Waals surface area contributed by atoms with E-state index >= 15 is 0 Å². The van der Waals surface area contributed by atoms with Crippen LogP contribution in [0.1, 0.15) is 43.1 Å². The van der Waals surface area contributed by atoms with Crippen LogP contribution in [-0.2, 0) is 4.79 Å². The highest BCUT2D eigenvalue weighted by molar-refractivity contribution is 8.13. The number of carbonyl (C=O) groups excluding carboxylic acids is 2. The predicted molar refractivity (Wildman–Crippen MR) is 105 cm³/mol. The van der Waals surface area contributed by atoms with Gasteiger partial charge in [0, 0.05) is 24.8 Å². The normalized spacial score (nSPS) is 10.6. The topological polar surface area (TPSA) is 101 Å². The van der Waals surface area contributed by atoms with E-state index in [2.05, 4.69) is 10.4 Å². The summed E-state index contributed by atoms with van der Waals surface area (Å²) in [5.41, 5.74) is 0.624. The number of amides is 1. The van der Waals surface area contributed by atoms with Crippen molar-refractivity contribution in [3.63, 3.8) is 0 Å². The molecule has 0 fully saturated rings. The van der Waals surface area contributed by atoms with Crippen molar-refractivity contribution in [2.45, 2.75) is 32.6 Å². The van der Waals surface area contributed by atoms with Gasteiger partial charge in [0.1, 0.15) is 5.82 Å². The van der Waals surface area contributed by atoms with E-state index in [1.54, 1.807) is 6.92 Å². The van der Waals surface area contributed by atoms with Crippen LogP contribution >= 0.6 is 11.8 Å². The SMILES string of the molecule is CC(=O)SCCCCCCNC(=O)c1cc(-c2ccc(F)cc2)n(C(=O)O)n1. The van der Waals surface area contributed by atoms with E-state index < -0.39 is 17.8 Å². The molecule has 0 aliphatic heterocycles. The minimum atomic E-state index is -1.33. The fourth-order valence-electron chi connectivity index (χ4n) is 2.55. The fraction of sp³-hybridized carbons (Fsp3) is 0.368. The number of thioether (sulfide) groups is 1. The van der Waals surface area contributed by atoms with Gasteiger partial charge >= 0.3 is 6.09 Å². The second kappa shape index (κ2) is 10.6. The third-order valence-corrected chi connectivity index (χ3v) is 4.82. The van der Waals surface area contributed by atoms with E-state index in [1.165, 1.54) is 42.1 Å². The highest BCUT2D eigenvalue weighted by Crippen LogP contribution is 2.21. The summed E-state index contributed by atoms with van der Waals surface area (Å²) >= 11 is 1.31. The molecule has 28 heavy (non-hydrogen) atoms. The first kappa shape index (κ1) is 21.6. The first-order valence-electron chi connectivity index (χ1n) is 8.89. The van der Waals surface area contributed by atoms with Gasteiger partial charge in [-0.05, 0) is 43.2 Å². The van der Waals surface area contributed by atoms with Crippen LogP contribution in [0, 0.1) is 5.82 Å². The molecule has 0 spiro atoms. The maximum atomic E-state index is 13.1. The number of halogens is 1. The molecule has 0 atom stereocenters. The minimum absolute atomic E-state index is 0.0143. The monoisotopic (exact) mass is 407 g/mol. The van der Waals surface area contributed by atoms with Crippen LogP contribution in [0.3, 0.4) is 0 Å². The van der Waals surface area contributed by atoms with Crippen LogP contribution < -0.4 is 5.32 Å². The maximum Gasteiger partial charge on any atom is 0.432 e. The average molecular weight is 407 g/mol.